The van der Waals surface area contributed by atoms with Crippen molar-refractivity contribution < 1.29 is 23.9 Å². The average Bonchev–Trinajstić information content (AvgIpc) is 2.49. The van der Waals surface area contributed by atoms with Crippen LogP contribution in [0.2, 0.25) is 0 Å². The lowest BCUT2D eigenvalue weighted by atomic mass is 10.1. The minimum atomic E-state index is -0.705. The van der Waals surface area contributed by atoms with Gasteiger partial charge in [0, 0.05) is 12.0 Å². The van der Waals surface area contributed by atoms with E-state index in [9.17, 15) is 14.4 Å². The molecule has 1 unspecified atom stereocenters. The zero-order chi connectivity index (χ0) is 15.4. The van der Waals surface area contributed by atoms with Crippen molar-refractivity contribution in [1.82, 2.24) is 10.6 Å². The van der Waals surface area contributed by atoms with Gasteiger partial charge < -0.3 is 14.8 Å². The van der Waals surface area contributed by atoms with Gasteiger partial charge in [0.1, 0.15) is 6.04 Å². The number of piperidine rings is 1. The lowest BCUT2D eigenvalue weighted by Crippen LogP contribution is -2.52. The molecule has 1 aromatic carbocycles. The molecule has 21 heavy (non-hydrogen) atoms. The minimum absolute atomic E-state index is 0.211. The molecule has 3 amide bonds. The first-order valence-electron chi connectivity index (χ1n) is 6.41. The highest BCUT2D eigenvalue weighted by atomic mass is 16.5. The zero-order valence-corrected chi connectivity index (χ0v) is 11.8. The summed E-state index contributed by atoms with van der Waals surface area (Å²) in [4.78, 5) is 34.8. The van der Waals surface area contributed by atoms with Crippen LogP contribution in [0.5, 0.6) is 11.5 Å². The molecule has 1 atom stereocenters. The first kappa shape index (κ1) is 14.8. The largest absolute Gasteiger partial charge is 0.493 e. The molecule has 1 aromatic rings. The molecule has 112 valence electrons. The number of methoxy groups -OCH3 is 2. The molecule has 0 radical (unpaired) electrons. The van der Waals surface area contributed by atoms with E-state index >= 15 is 0 Å². The number of nitrogens with one attached hydrogen (secondary N) is 2. The summed E-state index contributed by atoms with van der Waals surface area (Å²) in [5.74, 6) is -0.286. The van der Waals surface area contributed by atoms with Gasteiger partial charge in [0.15, 0.2) is 11.5 Å². The molecular formula is C14H16N2O5. The van der Waals surface area contributed by atoms with E-state index in [1.165, 1.54) is 20.3 Å². The molecule has 1 heterocycles. The first-order chi connectivity index (χ1) is 10.0. The standard InChI is InChI=1S/C14H16N2O5/c1-20-10-5-3-8(7-11(10)21-2)13(18)15-9-4-6-12(17)16-14(9)19/h3,5,7,9H,4,6H2,1-2H3,(H,15,18)(H,16,17,19). The zero-order valence-electron chi connectivity index (χ0n) is 11.8. The van der Waals surface area contributed by atoms with E-state index in [-0.39, 0.29) is 12.3 Å². The van der Waals surface area contributed by atoms with Crippen molar-refractivity contribution in [3.05, 3.63) is 23.8 Å². The summed E-state index contributed by atoms with van der Waals surface area (Å²) in [5, 5.41) is 4.78. The molecule has 2 rings (SSSR count). The van der Waals surface area contributed by atoms with Crippen LogP contribution >= 0.6 is 0 Å². The van der Waals surface area contributed by atoms with Gasteiger partial charge in [-0.15, -0.1) is 0 Å². The predicted octanol–water partition coefficient (Wildman–Crippen LogP) is 0.239. The summed E-state index contributed by atoms with van der Waals surface area (Å²) in [6.45, 7) is 0. The molecule has 1 saturated heterocycles. The van der Waals surface area contributed by atoms with Gasteiger partial charge in [0.25, 0.3) is 5.91 Å². The molecule has 7 nitrogen and oxygen atoms in total. The third-order valence-corrected chi connectivity index (χ3v) is 3.19. The van der Waals surface area contributed by atoms with E-state index in [1.54, 1.807) is 12.1 Å². The van der Waals surface area contributed by atoms with Gasteiger partial charge in [0.05, 0.1) is 14.2 Å². The number of hydrogen-bond donors (Lipinski definition) is 2. The summed E-state index contributed by atoms with van der Waals surface area (Å²) in [6, 6.07) is 4.00. The van der Waals surface area contributed by atoms with Gasteiger partial charge in [-0.2, -0.15) is 0 Å². The second-order valence-corrected chi connectivity index (χ2v) is 4.55. The maximum absolute atomic E-state index is 12.1. The summed E-state index contributed by atoms with van der Waals surface area (Å²) >= 11 is 0. The lowest BCUT2D eigenvalue weighted by molar-refractivity contribution is -0.134. The van der Waals surface area contributed by atoms with Crippen molar-refractivity contribution >= 4 is 17.7 Å². The van der Waals surface area contributed by atoms with Crippen LogP contribution in [0.25, 0.3) is 0 Å². The second kappa shape index (κ2) is 6.25. The van der Waals surface area contributed by atoms with Crippen molar-refractivity contribution in [1.29, 1.82) is 0 Å². The quantitative estimate of drug-likeness (QED) is 0.775. The molecule has 2 N–H and O–H groups in total. The summed E-state index contributed by atoms with van der Waals surface area (Å²) in [5.41, 5.74) is 0.345. The van der Waals surface area contributed by atoms with Crippen LogP contribution in [0.1, 0.15) is 23.2 Å². The highest BCUT2D eigenvalue weighted by molar-refractivity contribution is 6.03. The third-order valence-electron chi connectivity index (χ3n) is 3.19. The van der Waals surface area contributed by atoms with E-state index in [0.717, 1.165) is 0 Å². The SMILES string of the molecule is COc1ccc(C(=O)NC2CCC(=O)NC2=O)cc1OC. The fourth-order valence-corrected chi connectivity index (χ4v) is 2.05. The lowest BCUT2D eigenvalue weighted by Gasteiger charge is -2.22. The fraction of sp³-hybridized carbons (Fsp3) is 0.357. The Morgan fingerprint density at radius 3 is 2.57 bits per heavy atom. The maximum atomic E-state index is 12.1. The van der Waals surface area contributed by atoms with Crippen molar-refractivity contribution in [2.75, 3.05) is 14.2 Å². The molecule has 1 aliphatic rings. The topological polar surface area (TPSA) is 93.7 Å². The Kier molecular flexibility index (Phi) is 4.42. The third kappa shape index (κ3) is 3.31. The normalized spacial score (nSPS) is 17.9. The van der Waals surface area contributed by atoms with Crippen LogP contribution < -0.4 is 20.1 Å². The molecule has 1 aliphatic heterocycles. The van der Waals surface area contributed by atoms with Crippen LogP contribution in [0.4, 0.5) is 0 Å². The Hall–Kier alpha value is -2.57. The van der Waals surface area contributed by atoms with Crippen molar-refractivity contribution in [2.24, 2.45) is 0 Å². The summed E-state index contributed by atoms with van der Waals surface area (Å²) < 4.78 is 10.2. The Balaban J connectivity index is 2.10. The Morgan fingerprint density at radius 2 is 1.95 bits per heavy atom. The van der Waals surface area contributed by atoms with Gasteiger partial charge in [-0.1, -0.05) is 0 Å². The van der Waals surface area contributed by atoms with Gasteiger partial charge >= 0.3 is 0 Å². The number of ether oxygens (including phenoxy) is 2. The van der Waals surface area contributed by atoms with E-state index in [4.69, 9.17) is 9.47 Å². The molecule has 1 fully saturated rings. The number of imide groups is 1. The molecule has 7 heteroatoms. The smallest absolute Gasteiger partial charge is 0.252 e. The maximum Gasteiger partial charge on any atom is 0.252 e. The minimum Gasteiger partial charge on any atom is -0.493 e. The molecule has 0 saturated carbocycles. The van der Waals surface area contributed by atoms with Crippen molar-refractivity contribution in [3.8, 4) is 11.5 Å². The van der Waals surface area contributed by atoms with Crippen molar-refractivity contribution in [2.45, 2.75) is 18.9 Å². The monoisotopic (exact) mass is 292 g/mol. The van der Waals surface area contributed by atoms with E-state index in [0.29, 0.717) is 23.5 Å². The van der Waals surface area contributed by atoms with Crippen LogP contribution in [0.15, 0.2) is 18.2 Å². The number of hydrogen-bond acceptors (Lipinski definition) is 5. The predicted molar refractivity (Wildman–Crippen MR) is 73.2 cm³/mol. The molecule has 0 spiro atoms. The number of carbonyl (C=O) groups is 3. The molecule has 0 aliphatic carbocycles. The summed E-state index contributed by atoms with van der Waals surface area (Å²) in [7, 11) is 2.97. The van der Waals surface area contributed by atoms with Gasteiger partial charge in [-0.3, -0.25) is 19.7 Å². The Labute approximate surface area is 121 Å². The van der Waals surface area contributed by atoms with E-state index in [1.807, 2.05) is 0 Å². The molecular weight excluding hydrogens is 276 g/mol. The van der Waals surface area contributed by atoms with Crippen molar-refractivity contribution in [3.63, 3.8) is 0 Å². The Bertz CT molecular complexity index is 585. The Morgan fingerprint density at radius 1 is 1.24 bits per heavy atom. The van der Waals surface area contributed by atoms with Crippen LogP contribution in [-0.4, -0.2) is 38.0 Å². The number of carbonyl (C=O) groups excluding carboxylic acids is 3. The first-order valence-corrected chi connectivity index (χ1v) is 6.41. The van der Waals surface area contributed by atoms with Crippen LogP contribution in [0.3, 0.4) is 0 Å². The fourth-order valence-electron chi connectivity index (χ4n) is 2.05. The van der Waals surface area contributed by atoms with E-state index < -0.39 is 17.9 Å². The van der Waals surface area contributed by atoms with Crippen LogP contribution in [-0.2, 0) is 9.59 Å². The van der Waals surface area contributed by atoms with Crippen LogP contribution in [0, 0.1) is 0 Å². The van der Waals surface area contributed by atoms with Gasteiger partial charge in [-0.25, -0.2) is 0 Å². The number of amides is 3. The van der Waals surface area contributed by atoms with Gasteiger partial charge in [0.2, 0.25) is 11.8 Å². The second-order valence-electron chi connectivity index (χ2n) is 4.55. The average molecular weight is 292 g/mol. The summed E-state index contributed by atoms with van der Waals surface area (Å²) in [6.07, 6.45) is 0.506. The molecule has 0 bridgehead atoms. The van der Waals surface area contributed by atoms with E-state index in [2.05, 4.69) is 10.6 Å². The number of benzene rings is 1. The number of rotatable bonds is 4. The highest BCUT2D eigenvalue weighted by Crippen LogP contribution is 2.27. The highest BCUT2D eigenvalue weighted by Gasteiger charge is 2.28. The van der Waals surface area contributed by atoms with Gasteiger partial charge in [-0.05, 0) is 24.6 Å². The molecule has 0 aromatic heterocycles.